The van der Waals surface area contributed by atoms with Crippen LogP contribution in [-0.2, 0) is 4.79 Å². The van der Waals surface area contributed by atoms with E-state index in [1.165, 1.54) is 4.90 Å². The largest absolute Gasteiger partial charge is 0.481 e. The fourth-order valence-corrected chi connectivity index (χ4v) is 2.21. The molecular formula is C11H18N2O4. The van der Waals surface area contributed by atoms with E-state index < -0.39 is 18.0 Å². The molecule has 2 fully saturated rings. The molecule has 2 amide bonds. The zero-order valence-corrected chi connectivity index (χ0v) is 9.87. The molecule has 0 radical (unpaired) electrons. The molecule has 2 unspecified atom stereocenters. The predicted molar refractivity (Wildman–Crippen MR) is 59.5 cm³/mol. The quantitative estimate of drug-likeness (QED) is 0.668. The van der Waals surface area contributed by atoms with Gasteiger partial charge >= 0.3 is 12.0 Å². The van der Waals surface area contributed by atoms with Gasteiger partial charge in [0.1, 0.15) is 0 Å². The van der Waals surface area contributed by atoms with Gasteiger partial charge in [0.15, 0.2) is 0 Å². The molecule has 0 aliphatic carbocycles. The van der Waals surface area contributed by atoms with Gasteiger partial charge in [0.2, 0.25) is 0 Å². The number of urea groups is 1. The monoisotopic (exact) mass is 242 g/mol. The van der Waals surface area contributed by atoms with Gasteiger partial charge in [0.25, 0.3) is 0 Å². The summed E-state index contributed by atoms with van der Waals surface area (Å²) in [6.07, 6.45) is 0.326. The normalized spacial score (nSPS) is 30.0. The van der Waals surface area contributed by atoms with Crippen LogP contribution in [-0.4, -0.2) is 64.3 Å². The minimum absolute atomic E-state index is 0.145. The maximum atomic E-state index is 11.9. The minimum atomic E-state index is -0.846. The summed E-state index contributed by atoms with van der Waals surface area (Å²) in [5.74, 6) is -1.05. The molecule has 0 aromatic heterocycles. The first kappa shape index (κ1) is 12.2. The summed E-state index contributed by atoms with van der Waals surface area (Å²) in [4.78, 5) is 25.7. The molecule has 0 aromatic rings. The highest BCUT2D eigenvalue weighted by Crippen LogP contribution is 2.22. The third kappa shape index (κ3) is 2.36. The smallest absolute Gasteiger partial charge is 0.320 e. The molecule has 2 aliphatic heterocycles. The molecule has 2 atom stereocenters. The predicted octanol–water partition coefficient (Wildman–Crippen LogP) is -0.175. The second-order valence-electron chi connectivity index (χ2n) is 5.00. The van der Waals surface area contributed by atoms with Crippen molar-refractivity contribution in [3.05, 3.63) is 0 Å². The number of β-amino-alcohol motifs (C(OH)–C–C–N with tert-alkyl or cyclic N) is 1. The van der Waals surface area contributed by atoms with E-state index in [1.807, 2.05) is 6.92 Å². The highest BCUT2D eigenvalue weighted by atomic mass is 16.4. The number of carbonyl (C=O) groups is 2. The summed E-state index contributed by atoms with van der Waals surface area (Å²) in [5, 5.41) is 18.4. The molecule has 2 saturated heterocycles. The minimum Gasteiger partial charge on any atom is -0.481 e. The van der Waals surface area contributed by atoms with Crippen LogP contribution < -0.4 is 0 Å². The van der Waals surface area contributed by atoms with Crippen molar-refractivity contribution in [2.45, 2.75) is 19.4 Å². The maximum Gasteiger partial charge on any atom is 0.320 e. The lowest BCUT2D eigenvalue weighted by atomic mass is 9.96. The lowest BCUT2D eigenvalue weighted by Crippen LogP contribution is -2.59. The number of aliphatic carboxylic acids is 1. The molecule has 0 bridgehead atoms. The van der Waals surface area contributed by atoms with E-state index >= 15 is 0 Å². The summed E-state index contributed by atoms with van der Waals surface area (Å²) in [7, 11) is 0. The van der Waals surface area contributed by atoms with E-state index in [0.717, 1.165) is 6.42 Å². The molecular weight excluding hydrogens is 224 g/mol. The second-order valence-corrected chi connectivity index (χ2v) is 5.00. The molecule has 17 heavy (non-hydrogen) atoms. The summed E-state index contributed by atoms with van der Waals surface area (Å²) in [5.41, 5.74) is 0. The lowest BCUT2D eigenvalue weighted by Gasteiger charge is -2.42. The van der Waals surface area contributed by atoms with E-state index in [2.05, 4.69) is 0 Å². The van der Waals surface area contributed by atoms with E-state index in [9.17, 15) is 14.7 Å². The lowest BCUT2D eigenvalue weighted by molar-refractivity contribution is -0.146. The molecule has 2 heterocycles. The van der Waals surface area contributed by atoms with Crippen molar-refractivity contribution in [2.75, 3.05) is 26.2 Å². The first-order valence-electron chi connectivity index (χ1n) is 5.93. The maximum absolute atomic E-state index is 11.9. The van der Waals surface area contributed by atoms with Crippen molar-refractivity contribution >= 4 is 12.0 Å². The van der Waals surface area contributed by atoms with Crippen LogP contribution in [0.15, 0.2) is 0 Å². The second kappa shape index (κ2) is 4.52. The number of aliphatic hydroxyl groups excluding tert-OH is 1. The van der Waals surface area contributed by atoms with E-state index in [0.29, 0.717) is 13.1 Å². The van der Waals surface area contributed by atoms with Crippen molar-refractivity contribution in [1.29, 1.82) is 0 Å². The van der Waals surface area contributed by atoms with Crippen LogP contribution in [0.3, 0.4) is 0 Å². The number of likely N-dealkylation sites (tertiary alicyclic amines) is 2. The first-order chi connectivity index (χ1) is 7.99. The summed E-state index contributed by atoms with van der Waals surface area (Å²) in [6.45, 7) is 3.54. The fourth-order valence-electron chi connectivity index (χ4n) is 2.21. The fraction of sp³-hybridized carbons (Fsp3) is 0.818. The van der Waals surface area contributed by atoms with E-state index in [4.69, 9.17) is 5.11 Å². The van der Waals surface area contributed by atoms with Gasteiger partial charge in [-0.1, -0.05) is 6.92 Å². The Kier molecular flexibility index (Phi) is 3.24. The topological polar surface area (TPSA) is 81.1 Å². The Labute approximate surface area is 99.8 Å². The van der Waals surface area contributed by atoms with Gasteiger partial charge in [-0.15, -0.1) is 0 Å². The van der Waals surface area contributed by atoms with Crippen molar-refractivity contribution in [3.63, 3.8) is 0 Å². The Morgan fingerprint density at radius 1 is 1.18 bits per heavy atom. The average molecular weight is 242 g/mol. The van der Waals surface area contributed by atoms with Crippen LogP contribution >= 0.6 is 0 Å². The summed E-state index contributed by atoms with van der Waals surface area (Å²) >= 11 is 0. The van der Waals surface area contributed by atoms with Gasteiger partial charge in [0.05, 0.1) is 12.0 Å². The van der Waals surface area contributed by atoms with Crippen LogP contribution in [0.4, 0.5) is 4.79 Å². The van der Waals surface area contributed by atoms with Gasteiger partial charge in [-0.2, -0.15) is 0 Å². The third-order valence-electron chi connectivity index (χ3n) is 3.69. The number of aliphatic hydroxyl groups is 1. The Hall–Kier alpha value is -1.30. The Morgan fingerprint density at radius 3 is 2.35 bits per heavy atom. The molecule has 2 rings (SSSR count). The number of hydrogen-bond acceptors (Lipinski definition) is 3. The number of carboxylic acids is 1. The number of piperidine rings is 1. The number of carboxylic acid groups (broad SMARTS) is 1. The number of nitrogens with zero attached hydrogens (tertiary/aromatic N) is 2. The third-order valence-corrected chi connectivity index (χ3v) is 3.69. The summed E-state index contributed by atoms with van der Waals surface area (Å²) in [6, 6.07) is -0.145. The van der Waals surface area contributed by atoms with Gasteiger partial charge in [0, 0.05) is 26.2 Å². The molecule has 2 aliphatic rings. The molecule has 6 nitrogen and oxygen atoms in total. The zero-order valence-electron chi connectivity index (χ0n) is 9.87. The highest BCUT2D eigenvalue weighted by molar-refractivity contribution is 5.80. The molecule has 96 valence electrons. The van der Waals surface area contributed by atoms with Crippen molar-refractivity contribution in [2.24, 2.45) is 11.8 Å². The van der Waals surface area contributed by atoms with Crippen LogP contribution in [0.2, 0.25) is 0 Å². The van der Waals surface area contributed by atoms with Crippen molar-refractivity contribution < 1.29 is 19.8 Å². The van der Waals surface area contributed by atoms with Crippen LogP contribution in [0.25, 0.3) is 0 Å². The van der Waals surface area contributed by atoms with Gasteiger partial charge < -0.3 is 20.0 Å². The molecule has 2 N–H and O–H groups in total. The van der Waals surface area contributed by atoms with Gasteiger partial charge in [-0.3, -0.25) is 4.79 Å². The summed E-state index contributed by atoms with van der Waals surface area (Å²) < 4.78 is 0. The molecule has 0 aromatic carbocycles. The van der Waals surface area contributed by atoms with Gasteiger partial charge in [-0.25, -0.2) is 4.79 Å². The van der Waals surface area contributed by atoms with Crippen LogP contribution in [0.1, 0.15) is 13.3 Å². The Bertz CT molecular complexity index is 327. The van der Waals surface area contributed by atoms with Crippen molar-refractivity contribution in [3.8, 4) is 0 Å². The number of amides is 2. The SMILES string of the molecule is CC1CCN(C(=O)N2CC(C(=O)O)C2)CC1O. The molecule has 6 heteroatoms. The Morgan fingerprint density at radius 2 is 1.82 bits per heavy atom. The van der Waals surface area contributed by atoms with Gasteiger partial charge in [-0.05, 0) is 12.3 Å². The standard InChI is InChI=1S/C11H18N2O4/c1-7-2-3-12(6-9(7)14)11(17)13-4-8(5-13)10(15)16/h7-9,14H,2-6H2,1H3,(H,15,16). The number of carbonyl (C=O) groups excluding carboxylic acids is 1. The zero-order chi connectivity index (χ0) is 12.6. The Balaban J connectivity index is 1.84. The average Bonchev–Trinajstić information content (AvgIpc) is 2.19. The van der Waals surface area contributed by atoms with Crippen LogP contribution in [0.5, 0.6) is 0 Å². The first-order valence-corrected chi connectivity index (χ1v) is 5.93. The number of rotatable bonds is 1. The van der Waals surface area contributed by atoms with E-state index in [1.54, 1.807) is 4.90 Å². The van der Waals surface area contributed by atoms with Crippen molar-refractivity contribution in [1.82, 2.24) is 9.80 Å². The van der Waals surface area contributed by atoms with Crippen LogP contribution in [0, 0.1) is 11.8 Å². The van der Waals surface area contributed by atoms with E-state index in [-0.39, 0.29) is 25.0 Å². The molecule has 0 saturated carbocycles. The number of hydrogen-bond donors (Lipinski definition) is 2. The molecule has 0 spiro atoms. The highest BCUT2D eigenvalue weighted by Gasteiger charge is 2.39.